The van der Waals surface area contributed by atoms with Crippen molar-refractivity contribution in [3.63, 3.8) is 0 Å². The van der Waals surface area contributed by atoms with E-state index < -0.39 is 6.10 Å². The summed E-state index contributed by atoms with van der Waals surface area (Å²) in [6.45, 7) is 0. The van der Waals surface area contributed by atoms with E-state index in [1.165, 1.54) is 12.1 Å². The third kappa shape index (κ3) is 1.92. The van der Waals surface area contributed by atoms with E-state index in [0.717, 1.165) is 5.69 Å². The zero-order valence-electron chi connectivity index (χ0n) is 8.39. The minimum absolute atomic E-state index is 0.333. The van der Waals surface area contributed by atoms with Crippen LogP contribution in [-0.4, -0.2) is 9.67 Å². The highest BCUT2D eigenvalue weighted by atomic mass is 19.1. The van der Waals surface area contributed by atoms with Gasteiger partial charge in [0.25, 0.3) is 0 Å². The number of benzene rings is 1. The van der Waals surface area contributed by atoms with Gasteiger partial charge in [0.1, 0.15) is 11.9 Å². The fourth-order valence-electron chi connectivity index (χ4n) is 1.61. The van der Waals surface area contributed by atoms with E-state index in [2.05, 4.69) is 0 Å². The van der Waals surface area contributed by atoms with Gasteiger partial charge in [-0.25, -0.2) is 4.39 Å². The SMILES string of the molecule is Cn1cccc1[C@@H](O)c1cccc(F)c1. The first-order chi connectivity index (χ1) is 7.18. The van der Waals surface area contributed by atoms with Gasteiger partial charge >= 0.3 is 0 Å². The van der Waals surface area contributed by atoms with Crippen molar-refractivity contribution >= 4 is 0 Å². The number of nitrogens with zero attached hydrogens (tertiary/aromatic N) is 1. The smallest absolute Gasteiger partial charge is 0.123 e. The van der Waals surface area contributed by atoms with Gasteiger partial charge in [0, 0.05) is 13.2 Å². The van der Waals surface area contributed by atoms with E-state index in [1.54, 1.807) is 12.1 Å². The van der Waals surface area contributed by atoms with Crippen LogP contribution < -0.4 is 0 Å². The Hall–Kier alpha value is -1.61. The topological polar surface area (TPSA) is 25.2 Å². The lowest BCUT2D eigenvalue weighted by atomic mass is 10.1. The average molecular weight is 205 g/mol. The van der Waals surface area contributed by atoms with Gasteiger partial charge in [-0.15, -0.1) is 0 Å². The lowest BCUT2D eigenvalue weighted by molar-refractivity contribution is 0.211. The molecule has 2 aromatic rings. The molecule has 1 aromatic carbocycles. The van der Waals surface area contributed by atoms with Gasteiger partial charge < -0.3 is 9.67 Å². The van der Waals surface area contributed by atoms with Crippen molar-refractivity contribution in [2.75, 3.05) is 0 Å². The Balaban J connectivity index is 2.36. The maximum Gasteiger partial charge on any atom is 0.123 e. The lowest BCUT2D eigenvalue weighted by Crippen LogP contribution is -2.05. The van der Waals surface area contributed by atoms with Crippen LogP contribution in [0.4, 0.5) is 4.39 Å². The molecule has 0 saturated carbocycles. The molecule has 0 unspecified atom stereocenters. The second-order valence-corrected chi connectivity index (χ2v) is 3.50. The molecule has 2 nitrogen and oxygen atoms in total. The monoisotopic (exact) mass is 205 g/mol. The number of aryl methyl sites for hydroxylation is 1. The van der Waals surface area contributed by atoms with Crippen LogP contribution in [0.3, 0.4) is 0 Å². The molecule has 0 saturated heterocycles. The summed E-state index contributed by atoms with van der Waals surface area (Å²) in [5, 5.41) is 10.00. The van der Waals surface area contributed by atoms with Gasteiger partial charge in [0.05, 0.1) is 5.69 Å². The summed E-state index contributed by atoms with van der Waals surface area (Å²) in [7, 11) is 1.85. The van der Waals surface area contributed by atoms with Gasteiger partial charge in [-0.1, -0.05) is 12.1 Å². The molecule has 78 valence electrons. The standard InChI is InChI=1S/C12H12FNO/c1-14-7-3-6-11(14)12(15)9-4-2-5-10(13)8-9/h2-8,12,15H,1H3/t12-/m0/s1. The maximum absolute atomic E-state index is 13.0. The molecule has 0 amide bonds. The van der Waals surface area contributed by atoms with E-state index >= 15 is 0 Å². The molecule has 1 N–H and O–H groups in total. The molecule has 0 fully saturated rings. The Bertz CT molecular complexity index is 464. The van der Waals surface area contributed by atoms with Gasteiger partial charge in [-0.05, 0) is 29.8 Å². The Morgan fingerprint density at radius 3 is 2.67 bits per heavy atom. The van der Waals surface area contributed by atoms with Crippen molar-refractivity contribution in [2.24, 2.45) is 7.05 Å². The van der Waals surface area contributed by atoms with Crippen LogP contribution in [0, 0.1) is 5.82 Å². The number of rotatable bonds is 2. The Kier molecular flexibility index (Phi) is 2.56. The van der Waals surface area contributed by atoms with Crippen LogP contribution in [0.15, 0.2) is 42.6 Å². The first-order valence-corrected chi connectivity index (χ1v) is 4.73. The van der Waals surface area contributed by atoms with Crippen molar-refractivity contribution in [3.8, 4) is 0 Å². The number of aromatic nitrogens is 1. The normalized spacial score (nSPS) is 12.7. The highest BCUT2D eigenvalue weighted by Gasteiger charge is 2.13. The second kappa shape index (κ2) is 3.87. The first-order valence-electron chi connectivity index (χ1n) is 4.73. The number of hydrogen-bond acceptors (Lipinski definition) is 1. The maximum atomic E-state index is 13.0. The van der Waals surface area contributed by atoms with Gasteiger partial charge in [-0.3, -0.25) is 0 Å². The number of halogens is 1. The molecular weight excluding hydrogens is 193 g/mol. The molecule has 0 bridgehead atoms. The molecule has 1 atom stereocenters. The summed E-state index contributed by atoms with van der Waals surface area (Å²) >= 11 is 0. The molecule has 0 radical (unpaired) electrons. The van der Waals surface area contributed by atoms with Gasteiger partial charge in [-0.2, -0.15) is 0 Å². The number of hydrogen-bond donors (Lipinski definition) is 1. The largest absolute Gasteiger partial charge is 0.382 e. The molecule has 1 heterocycles. The van der Waals surface area contributed by atoms with E-state index in [0.29, 0.717) is 5.56 Å². The third-order valence-electron chi connectivity index (χ3n) is 2.43. The molecule has 0 aliphatic rings. The highest BCUT2D eigenvalue weighted by molar-refractivity contribution is 5.26. The minimum atomic E-state index is -0.777. The molecule has 0 aliphatic heterocycles. The highest BCUT2D eigenvalue weighted by Crippen LogP contribution is 2.22. The Labute approximate surface area is 87.6 Å². The van der Waals surface area contributed by atoms with Crippen molar-refractivity contribution < 1.29 is 9.50 Å². The van der Waals surface area contributed by atoms with Crippen LogP contribution in [0.1, 0.15) is 17.4 Å². The van der Waals surface area contributed by atoms with Crippen molar-refractivity contribution in [3.05, 3.63) is 59.7 Å². The summed E-state index contributed by atoms with van der Waals surface area (Å²) in [5.74, 6) is -0.333. The summed E-state index contributed by atoms with van der Waals surface area (Å²) in [5.41, 5.74) is 1.32. The number of aliphatic hydroxyl groups excluding tert-OH is 1. The second-order valence-electron chi connectivity index (χ2n) is 3.50. The molecule has 0 spiro atoms. The van der Waals surface area contributed by atoms with E-state index in [4.69, 9.17) is 0 Å². The van der Waals surface area contributed by atoms with Gasteiger partial charge in [0.15, 0.2) is 0 Å². The average Bonchev–Trinajstić information content (AvgIpc) is 2.63. The zero-order chi connectivity index (χ0) is 10.8. The van der Waals surface area contributed by atoms with Crippen molar-refractivity contribution in [2.45, 2.75) is 6.10 Å². The molecule has 3 heteroatoms. The van der Waals surface area contributed by atoms with Crippen LogP contribution in [0.25, 0.3) is 0 Å². The molecular formula is C12H12FNO. The van der Waals surface area contributed by atoms with Crippen molar-refractivity contribution in [1.29, 1.82) is 0 Å². The Morgan fingerprint density at radius 2 is 2.07 bits per heavy atom. The summed E-state index contributed by atoms with van der Waals surface area (Å²) in [4.78, 5) is 0. The van der Waals surface area contributed by atoms with Crippen LogP contribution in [-0.2, 0) is 7.05 Å². The fraction of sp³-hybridized carbons (Fsp3) is 0.167. The molecule has 0 aliphatic carbocycles. The van der Waals surface area contributed by atoms with Crippen molar-refractivity contribution in [1.82, 2.24) is 4.57 Å². The first kappa shape index (κ1) is 9.93. The van der Waals surface area contributed by atoms with Crippen LogP contribution >= 0.6 is 0 Å². The molecule has 1 aromatic heterocycles. The van der Waals surface area contributed by atoms with E-state index in [1.807, 2.05) is 29.9 Å². The zero-order valence-corrected chi connectivity index (χ0v) is 8.39. The lowest BCUT2D eigenvalue weighted by Gasteiger charge is -2.12. The van der Waals surface area contributed by atoms with E-state index in [-0.39, 0.29) is 5.82 Å². The third-order valence-corrected chi connectivity index (χ3v) is 2.43. The summed E-state index contributed by atoms with van der Waals surface area (Å²) < 4.78 is 14.8. The van der Waals surface area contributed by atoms with Gasteiger partial charge in [0.2, 0.25) is 0 Å². The predicted octanol–water partition coefficient (Wildman–Crippen LogP) is 2.25. The summed E-state index contributed by atoms with van der Waals surface area (Å²) in [6.07, 6.45) is 1.07. The summed E-state index contributed by atoms with van der Waals surface area (Å²) in [6, 6.07) is 9.67. The predicted molar refractivity (Wildman–Crippen MR) is 55.9 cm³/mol. The fourth-order valence-corrected chi connectivity index (χ4v) is 1.61. The van der Waals surface area contributed by atoms with E-state index in [9.17, 15) is 9.50 Å². The molecule has 2 rings (SSSR count). The molecule has 15 heavy (non-hydrogen) atoms. The van der Waals surface area contributed by atoms with Crippen LogP contribution in [0.5, 0.6) is 0 Å². The minimum Gasteiger partial charge on any atom is -0.382 e. The quantitative estimate of drug-likeness (QED) is 0.799. The number of aliphatic hydroxyl groups is 1. The Morgan fingerprint density at radius 1 is 1.27 bits per heavy atom. The van der Waals surface area contributed by atoms with Crippen LogP contribution in [0.2, 0.25) is 0 Å².